The summed E-state index contributed by atoms with van der Waals surface area (Å²) in [5.41, 5.74) is 0.396. The standard InChI is InChI=1S/C17H22F3N5O2/c1-9-10(8-24(5)22-9)11-6-13(17(18,19)20)25-14(21-11)7-12(23-25)15(26)27-16(2,3)4/h7-8,11,13,21H,6H2,1-5H3/t11-,13+/m0/s1. The second-order valence-corrected chi connectivity index (χ2v) is 7.69. The van der Waals surface area contributed by atoms with E-state index < -0.39 is 29.8 Å². The molecule has 2 atom stereocenters. The minimum atomic E-state index is -4.51. The van der Waals surface area contributed by atoms with Gasteiger partial charge in [-0.2, -0.15) is 23.4 Å². The van der Waals surface area contributed by atoms with Crippen molar-refractivity contribution < 1.29 is 22.7 Å². The molecule has 0 radical (unpaired) electrons. The lowest BCUT2D eigenvalue weighted by atomic mass is 9.97. The van der Waals surface area contributed by atoms with Crippen LogP contribution in [0.1, 0.15) is 61.0 Å². The van der Waals surface area contributed by atoms with Gasteiger partial charge in [0.2, 0.25) is 0 Å². The number of carbonyl (C=O) groups excluding carboxylic acids is 1. The minimum absolute atomic E-state index is 0.123. The summed E-state index contributed by atoms with van der Waals surface area (Å²) in [4.78, 5) is 12.2. The zero-order valence-electron chi connectivity index (χ0n) is 15.8. The van der Waals surface area contributed by atoms with Crippen LogP contribution in [0.15, 0.2) is 12.3 Å². The number of fused-ring (bicyclic) bond motifs is 1. The predicted octanol–water partition coefficient (Wildman–Crippen LogP) is 3.54. The van der Waals surface area contributed by atoms with Crippen LogP contribution in [0.4, 0.5) is 19.0 Å². The van der Waals surface area contributed by atoms with E-state index in [4.69, 9.17) is 4.74 Å². The average molecular weight is 385 g/mol. The molecule has 2 aromatic rings. The van der Waals surface area contributed by atoms with E-state index in [0.29, 0.717) is 11.3 Å². The molecule has 0 fully saturated rings. The number of esters is 1. The van der Waals surface area contributed by atoms with Crippen LogP contribution in [0, 0.1) is 6.92 Å². The zero-order valence-corrected chi connectivity index (χ0v) is 15.8. The third kappa shape index (κ3) is 3.93. The molecule has 0 bridgehead atoms. The molecule has 3 heterocycles. The lowest BCUT2D eigenvalue weighted by Gasteiger charge is -2.33. The van der Waals surface area contributed by atoms with E-state index in [1.165, 1.54) is 6.07 Å². The maximum absolute atomic E-state index is 13.7. The molecule has 0 unspecified atom stereocenters. The van der Waals surface area contributed by atoms with Gasteiger partial charge in [0.05, 0.1) is 11.7 Å². The highest BCUT2D eigenvalue weighted by Crippen LogP contribution is 2.44. The number of aromatic nitrogens is 4. The van der Waals surface area contributed by atoms with Crippen LogP contribution in [0.25, 0.3) is 0 Å². The van der Waals surface area contributed by atoms with Crippen LogP contribution in [0.2, 0.25) is 0 Å². The van der Waals surface area contributed by atoms with Gasteiger partial charge in [-0.3, -0.25) is 4.68 Å². The molecular weight excluding hydrogens is 363 g/mol. The number of ether oxygens (including phenoxy) is 1. The fourth-order valence-corrected chi connectivity index (χ4v) is 3.17. The first-order valence-electron chi connectivity index (χ1n) is 8.51. The van der Waals surface area contributed by atoms with Crippen LogP contribution in [-0.2, 0) is 11.8 Å². The zero-order chi connectivity index (χ0) is 20.1. The van der Waals surface area contributed by atoms with Crippen molar-refractivity contribution in [3.8, 4) is 0 Å². The molecule has 2 aromatic heterocycles. The van der Waals surface area contributed by atoms with Crippen LogP contribution in [-0.4, -0.2) is 37.3 Å². The van der Waals surface area contributed by atoms with E-state index in [-0.39, 0.29) is 17.9 Å². The van der Waals surface area contributed by atoms with Crippen molar-refractivity contribution in [2.24, 2.45) is 7.05 Å². The van der Waals surface area contributed by atoms with Gasteiger partial charge in [0, 0.05) is 31.3 Å². The molecule has 0 saturated carbocycles. The Bertz CT molecular complexity index is 863. The van der Waals surface area contributed by atoms with Crippen molar-refractivity contribution in [2.45, 2.75) is 58.0 Å². The summed E-state index contributed by atoms with van der Waals surface area (Å²) in [6, 6.07) is -1.15. The number of hydrogen-bond donors (Lipinski definition) is 1. The van der Waals surface area contributed by atoms with E-state index >= 15 is 0 Å². The van der Waals surface area contributed by atoms with Gasteiger partial charge in [-0.1, -0.05) is 0 Å². The highest BCUT2D eigenvalue weighted by molar-refractivity contribution is 5.88. The molecule has 0 spiro atoms. The highest BCUT2D eigenvalue weighted by atomic mass is 19.4. The highest BCUT2D eigenvalue weighted by Gasteiger charge is 2.47. The molecule has 3 rings (SSSR count). The van der Waals surface area contributed by atoms with Gasteiger partial charge in [-0.15, -0.1) is 0 Å². The van der Waals surface area contributed by atoms with Gasteiger partial charge in [0.15, 0.2) is 11.7 Å². The topological polar surface area (TPSA) is 74.0 Å². The molecule has 0 aromatic carbocycles. The first-order valence-corrected chi connectivity index (χ1v) is 8.51. The lowest BCUT2D eigenvalue weighted by Crippen LogP contribution is -2.35. The minimum Gasteiger partial charge on any atom is -0.455 e. The van der Waals surface area contributed by atoms with Crippen molar-refractivity contribution in [3.63, 3.8) is 0 Å². The summed E-state index contributed by atoms with van der Waals surface area (Å²) >= 11 is 0. The number of nitrogens with zero attached hydrogens (tertiary/aromatic N) is 4. The monoisotopic (exact) mass is 385 g/mol. The maximum Gasteiger partial charge on any atom is 0.410 e. The van der Waals surface area contributed by atoms with E-state index in [1.54, 1.807) is 45.6 Å². The number of halogens is 3. The molecule has 10 heteroatoms. The number of aryl methyl sites for hydroxylation is 2. The van der Waals surface area contributed by atoms with Gasteiger partial charge in [0.25, 0.3) is 0 Å². The molecule has 148 valence electrons. The smallest absolute Gasteiger partial charge is 0.410 e. The first kappa shape index (κ1) is 19.2. The van der Waals surface area contributed by atoms with E-state index in [0.717, 1.165) is 4.68 Å². The summed E-state index contributed by atoms with van der Waals surface area (Å²) in [5, 5.41) is 11.1. The average Bonchev–Trinajstić information content (AvgIpc) is 3.06. The quantitative estimate of drug-likeness (QED) is 0.801. The number of anilines is 1. The Kier molecular flexibility index (Phi) is 4.47. The van der Waals surface area contributed by atoms with Crippen molar-refractivity contribution in [1.29, 1.82) is 0 Å². The van der Waals surface area contributed by atoms with Gasteiger partial charge in [-0.05, 0) is 27.7 Å². The summed E-state index contributed by atoms with van der Waals surface area (Å²) in [6.45, 7) is 6.79. The van der Waals surface area contributed by atoms with Crippen LogP contribution in [0.5, 0.6) is 0 Å². The number of alkyl halides is 3. The first-order chi connectivity index (χ1) is 12.3. The van der Waals surface area contributed by atoms with Crippen molar-refractivity contribution in [3.05, 3.63) is 29.2 Å². The molecule has 0 amide bonds. The largest absolute Gasteiger partial charge is 0.455 e. The number of rotatable bonds is 2. The third-order valence-electron chi connectivity index (χ3n) is 4.22. The molecule has 0 aliphatic carbocycles. The van der Waals surface area contributed by atoms with E-state index in [9.17, 15) is 18.0 Å². The molecule has 1 aliphatic rings. The Hall–Kier alpha value is -2.52. The second-order valence-electron chi connectivity index (χ2n) is 7.69. The molecule has 0 saturated heterocycles. The third-order valence-corrected chi connectivity index (χ3v) is 4.22. The summed E-state index contributed by atoms with van der Waals surface area (Å²) in [7, 11) is 1.71. The Morgan fingerprint density at radius 3 is 2.48 bits per heavy atom. The fraction of sp³-hybridized carbons (Fsp3) is 0.588. The lowest BCUT2D eigenvalue weighted by molar-refractivity contribution is -0.173. The van der Waals surface area contributed by atoms with Gasteiger partial charge in [0.1, 0.15) is 11.4 Å². The van der Waals surface area contributed by atoms with E-state index in [2.05, 4.69) is 15.5 Å². The molecule has 7 nitrogen and oxygen atoms in total. The van der Waals surface area contributed by atoms with Crippen molar-refractivity contribution in [2.75, 3.05) is 5.32 Å². The second kappa shape index (κ2) is 6.28. The molecular formula is C17H22F3N5O2. The van der Waals surface area contributed by atoms with Crippen LogP contribution >= 0.6 is 0 Å². The van der Waals surface area contributed by atoms with Crippen LogP contribution < -0.4 is 5.32 Å². The summed E-state index contributed by atoms with van der Waals surface area (Å²) in [6.07, 6.45) is -3.07. The van der Waals surface area contributed by atoms with Gasteiger partial charge >= 0.3 is 12.1 Å². The van der Waals surface area contributed by atoms with Gasteiger partial charge in [-0.25, -0.2) is 9.48 Å². The Morgan fingerprint density at radius 1 is 1.30 bits per heavy atom. The van der Waals surface area contributed by atoms with E-state index in [1.807, 2.05) is 0 Å². The fourth-order valence-electron chi connectivity index (χ4n) is 3.17. The Balaban J connectivity index is 1.98. The Labute approximate surface area is 154 Å². The van der Waals surface area contributed by atoms with Crippen molar-refractivity contribution >= 4 is 11.8 Å². The SMILES string of the molecule is Cc1nn(C)cc1[C@@H]1C[C@H](C(F)(F)F)n2nc(C(=O)OC(C)(C)C)cc2N1. The molecule has 27 heavy (non-hydrogen) atoms. The molecule has 1 aliphatic heterocycles. The number of hydrogen-bond acceptors (Lipinski definition) is 5. The van der Waals surface area contributed by atoms with Crippen LogP contribution in [0.3, 0.4) is 0 Å². The summed E-state index contributed by atoms with van der Waals surface area (Å²) < 4.78 is 48.6. The summed E-state index contributed by atoms with van der Waals surface area (Å²) in [5.74, 6) is -0.640. The number of nitrogens with one attached hydrogen (secondary N) is 1. The molecule has 1 N–H and O–H groups in total. The predicted molar refractivity (Wildman–Crippen MR) is 91.4 cm³/mol. The maximum atomic E-state index is 13.7. The van der Waals surface area contributed by atoms with Crippen molar-refractivity contribution in [1.82, 2.24) is 19.6 Å². The number of carbonyl (C=O) groups is 1. The van der Waals surface area contributed by atoms with Gasteiger partial charge < -0.3 is 10.1 Å². The normalized spacial score (nSPS) is 20.1. The Morgan fingerprint density at radius 2 is 1.96 bits per heavy atom.